The maximum atomic E-state index is 4.47. The van der Waals surface area contributed by atoms with Gasteiger partial charge in [0, 0.05) is 24.0 Å². The van der Waals surface area contributed by atoms with Crippen LogP contribution >= 0.6 is 0 Å². The van der Waals surface area contributed by atoms with Gasteiger partial charge in [-0.25, -0.2) is 0 Å². The lowest BCUT2D eigenvalue weighted by molar-refractivity contribution is 0.647. The van der Waals surface area contributed by atoms with Gasteiger partial charge in [0.05, 0.1) is 5.69 Å². The van der Waals surface area contributed by atoms with Crippen LogP contribution in [0.25, 0.3) is 11.3 Å². The third kappa shape index (κ3) is 3.82. The average Bonchev–Trinajstić information content (AvgIpc) is 2.39. The molecule has 0 atom stereocenters. The van der Waals surface area contributed by atoms with Gasteiger partial charge in [-0.15, -0.1) is 0 Å². The number of benzene rings is 1. The van der Waals surface area contributed by atoms with Crippen molar-refractivity contribution in [1.82, 2.24) is 4.98 Å². The van der Waals surface area contributed by atoms with E-state index in [2.05, 4.69) is 61.4 Å². The second-order valence-corrected chi connectivity index (χ2v) is 5.26. The molecule has 0 aliphatic carbocycles. The first-order chi connectivity index (χ1) is 9.19. The van der Waals surface area contributed by atoms with Crippen LogP contribution in [0.2, 0.25) is 0 Å². The van der Waals surface area contributed by atoms with Gasteiger partial charge in [-0.2, -0.15) is 0 Å². The van der Waals surface area contributed by atoms with E-state index in [9.17, 15) is 0 Å². The van der Waals surface area contributed by atoms with Crippen molar-refractivity contribution in [2.75, 3.05) is 11.9 Å². The zero-order valence-corrected chi connectivity index (χ0v) is 12.0. The molecule has 0 radical (unpaired) electrons. The zero-order chi connectivity index (χ0) is 13.7. The quantitative estimate of drug-likeness (QED) is 0.856. The summed E-state index contributed by atoms with van der Waals surface area (Å²) in [4.78, 5) is 4.47. The van der Waals surface area contributed by atoms with Crippen molar-refractivity contribution in [3.63, 3.8) is 0 Å². The van der Waals surface area contributed by atoms with Gasteiger partial charge in [0.1, 0.15) is 0 Å². The number of anilines is 1. The molecule has 2 nitrogen and oxygen atoms in total. The summed E-state index contributed by atoms with van der Waals surface area (Å²) in [5.41, 5.74) is 4.73. The normalized spacial score (nSPS) is 10.7. The van der Waals surface area contributed by atoms with Gasteiger partial charge in [0.2, 0.25) is 0 Å². The Kier molecular flexibility index (Phi) is 4.56. The van der Waals surface area contributed by atoms with Crippen molar-refractivity contribution in [2.45, 2.75) is 27.2 Å². The fourth-order valence-electron chi connectivity index (χ4n) is 2.23. The van der Waals surface area contributed by atoms with E-state index in [1.165, 1.54) is 11.1 Å². The van der Waals surface area contributed by atoms with Crippen LogP contribution in [0.4, 0.5) is 5.69 Å². The molecule has 1 aromatic carbocycles. The molecule has 1 N–H and O–H groups in total. The van der Waals surface area contributed by atoms with Crippen molar-refractivity contribution in [2.24, 2.45) is 5.92 Å². The molecule has 2 aromatic rings. The number of pyridine rings is 1. The number of hydrogen-bond acceptors (Lipinski definition) is 2. The van der Waals surface area contributed by atoms with Crippen LogP contribution in [-0.2, 0) is 6.42 Å². The second kappa shape index (κ2) is 6.37. The fourth-order valence-corrected chi connectivity index (χ4v) is 2.23. The Balaban J connectivity index is 2.28. The van der Waals surface area contributed by atoms with Crippen molar-refractivity contribution in [3.8, 4) is 11.3 Å². The summed E-state index contributed by atoms with van der Waals surface area (Å²) in [6.07, 6.45) is 2.98. The van der Waals surface area contributed by atoms with Crippen LogP contribution in [0, 0.1) is 5.92 Å². The highest BCUT2D eigenvalue weighted by Gasteiger charge is 2.03. The molecule has 1 heterocycles. The first-order valence-electron chi connectivity index (χ1n) is 6.98. The van der Waals surface area contributed by atoms with Gasteiger partial charge in [0.15, 0.2) is 0 Å². The number of nitrogens with one attached hydrogen (secondary N) is 1. The smallest absolute Gasteiger partial charge is 0.0722 e. The van der Waals surface area contributed by atoms with Gasteiger partial charge in [-0.1, -0.05) is 32.0 Å². The minimum Gasteiger partial charge on any atom is -0.385 e. The lowest BCUT2D eigenvalue weighted by Crippen LogP contribution is -1.97. The van der Waals surface area contributed by atoms with E-state index in [4.69, 9.17) is 0 Å². The molecule has 0 spiro atoms. The predicted molar refractivity (Wildman–Crippen MR) is 82.4 cm³/mol. The van der Waals surface area contributed by atoms with Crippen LogP contribution in [0.3, 0.4) is 0 Å². The van der Waals surface area contributed by atoms with E-state index >= 15 is 0 Å². The van der Waals surface area contributed by atoms with Crippen molar-refractivity contribution < 1.29 is 0 Å². The Morgan fingerprint density at radius 2 is 2.00 bits per heavy atom. The maximum absolute atomic E-state index is 4.47. The van der Waals surface area contributed by atoms with Crippen LogP contribution in [0.1, 0.15) is 26.3 Å². The number of aromatic nitrogens is 1. The van der Waals surface area contributed by atoms with E-state index in [0.29, 0.717) is 5.92 Å². The number of rotatable bonds is 5. The second-order valence-electron chi connectivity index (χ2n) is 5.26. The molecule has 100 valence electrons. The molecular weight excluding hydrogens is 232 g/mol. The molecule has 2 heteroatoms. The lowest BCUT2D eigenvalue weighted by atomic mass is 10.00. The Morgan fingerprint density at radius 1 is 1.16 bits per heavy atom. The highest BCUT2D eigenvalue weighted by Crippen LogP contribution is 2.22. The summed E-state index contributed by atoms with van der Waals surface area (Å²) < 4.78 is 0. The third-order valence-electron chi connectivity index (χ3n) is 3.01. The van der Waals surface area contributed by atoms with Gasteiger partial charge in [-0.05, 0) is 43.0 Å². The largest absolute Gasteiger partial charge is 0.385 e. The molecule has 0 aliphatic heterocycles. The summed E-state index contributed by atoms with van der Waals surface area (Å²) in [5.74, 6) is 0.677. The Hall–Kier alpha value is -1.83. The van der Waals surface area contributed by atoms with Crippen molar-refractivity contribution in [1.29, 1.82) is 0 Å². The standard InChI is InChI=1S/C17H22N2/c1-4-18-16-8-9-19-17(12-16)15-7-5-6-14(11-15)10-13(2)3/h5-9,11-13H,4,10H2,1-3H3,(H,18,19). The molecule has 0 amide bonds. The van der Waals surface area contributed by atoms with Crippen molar-refractivity contribution in [3.05, 3.63) is 48.2 Å². The monoisotopic (exact) mass is 254 g/mol. The summed E-state index contributed by atoms with van der Waals surface area (Å²) >= 11 is 0. The third-order valence-corrected chi connectivity index (χ3v) is 3.01. The molecule has 0 saturated carbocycles. The summed E-state index contributed by atoms with van der Waals surface area (Å²) in [6.45, 7) is 7.52. The fraction of sp³-hybridized carbons (Fsp3) is 0.353. The molecule has 2 rings (SSSR count). The highest BCUT2D eigenvalue weighted by atomic mass is 14.9. The van der Waals surface area contributed by atoms with E-state index in [1.807, 2.05) is 12.3 Å². The molecule has 0 unspecified atom stereocenters. The predicted octanol–water partition coefficient (Wildman–Crippen LogP) is 4.38. The minimum absolute atomic E-state index is 0.677. The molecule has 0 aliphatic rings. The van der Waals surface area contributed by atoms with E-state index in [0.717, 1.165) is 24.3 Å². The topological polar surface area (TPSA) is 24.9 Å². The first-order valence-corrected chi connectivity index (χ1v) is 6.98. The first kappa shape index (κ1) is 13.6. The Bertz CT molecular complexity index is 532. The van der Waals surface area contributed by atoms with Crippen LogP contribution < -0.4 is 5.32 Å². The Morgan fingerprint density at radius 3 is 2.74 bits per heavy atom. The van der Waals surface area contributed by atoms with Crippen LogP contribution in [-0.4, -0.2) is 11.5 Å². The van der Waals surface area contributed by atoms with Gasteiger partial charge in [-0.3, -0.25) is 4.98 Å². The van der Waals surface area contributed by atoms with Crippen LogP contribution in [0.5, 0.6) is 0 Å². The minimum atomic E-state index is 0.677. The molecule has 0 fully saturated rings. The van der Waals surface area contributed by atoms with E-state index < -0.39 is 0 Å². The number of hydrogen-bond donors (Lipinski definition) is 1. The van der Waals surface area contributed by atoms with Crippen LogP contribution in [0.15, 0.2) is 42.6 Å². The lowest BCUT2D eigenvalue weighted by Gasteiger charge is -2.09. The highest BCUT2D eigenvalue weighted by molar-refractivity contribution is 5.64. The SMILES string of the molecule is CCNc1ccnc(-c2cccc(CC(C)C)c2)c1. The summed E-state index contributed by atoms with van der Waals surface area (Å²) in [5, 5.41) is 3.32. The van der Waals surface area contributed by atoms with Gasteiger partial charge < -0.3 is 5.32 Å². The molecule has 1 aromatic heterocycles. The zero-order valence-electron chi connectivity index (χ0n) is 12.0. The average molecular weight is 254 g/mol. The van der Waals surface area contributed by atoms with E-state index in [-0.39, 0.29) is 0 Å². The van der Waals surface area contributed by atoms with Gasteiger partial charge >= 0.3 is 0 Å². The van der Waals surface area contributed by atoms with Crippen molar-refractivity contribution >= 4 is 5.69 Å². The van der Waals surface area contributed by atoms with E-state index in [1.54, 1.807) is 0 Å². The molecule has 19 heavy (non-hydrogen) atoms. The maximum Gasteiger partial charge on any atom is 0.0722 e. The molecular formula is C17H22N2. The number of nitrogens with zero attached hydrogens (tertiary/aromatic N) is 1. The van der Waals surface area contributed by atoms with Gasteiger partial charge in [0.25, 0.3) is 0 Å². The molecule has 0 bridgehead atoms. The molecule has 0 saturated heterocycles. The Labute approximate surface area is 115 Å². The summed E-state index contributed by atoms with van der Waals surface area (Å²) in [6, 6.07) is 12.8. The summed E-state index contributed by atoms with van der Waals surface area (Å²) in [7, 11) is 0.